The molecule has 1 aliphatic heterocycles. The number of hydrogen-bond donors (Lipinski definition) is 3. The van der Waals surface area contributed by atoms with Crippen molar-refractivity contribution in [3.05, 3.63) is 34.8 Å². The van der Waals surface area contributed by atoms with Crippen molar-refractivity contribution < 1.29 is 13.9 Å². The number of carbonyl (C=O) groups excluding carboxylic acids is 1. The van der Waals surface area contributed by atoms with E-state index in [9.17, 15) is 9.18 Å². The third-order valence-corrected chi connectivity index (χ3v) is 3.73. The molecule has 0 radical (unpaired) electrons. The molecule has 120 valence electrons. The zero-order chi connectivity index (χ0) is 16.4. The Morgan fingerprint density at radius 3 is 3.00 bits per heavy atom. The molecule has 9 heteroatoms. The van der Waals surface area contributed by atoms with Crippen molar-refractivity contribution >= 4 is 44.8 Å². The Morgan fingerprint density at radius 1 is 1.43 bits per heavy atom. The normalized spacial score (nSPS) is 16.3. The standard InChI is InChI=1S/C14H13BrFN5O2/c1-23-5-10-14(22)21-11-12(17-6-18-13(11)20-10)19-9-3-2-7(15)4-8(9)16/h2-4,6,10H,5H2,1H3,(H,21,22)(H2,17,18,19,20)/t10-/m0/s1. The van der Waals surface area contributed by atoms with Crippen LogP contribution in [0.25, 0.3) is 0 Å². The van der Waals surface area contributed by atoms with Gasteiger partial charge in [0, 0.05) is 11.6 Å². The first kappa shape index (κ1) is 15.6. The van der Waals surface area contributed by atoms with Crippen molar-refractivity contribution in [3.8, 4) is 0 Å². The third kappa shape index (κ3) is 3.25. The number of nitrogens with zero attached hydrogens (tertiary/aromatic N) is 2. The van der Waals surface area contributed by atoms with Crippen LogP contribution in [0.4, 0.5) is 27.4 Å². The van der Waals surface area contributed by atoms with E-state index in [1.54, 1.807) is 12.1 Å². The Kier molecular flexibility index (Phi) is 4.39. The molecule has 0 unspecified atom stereocenters. The molecule has 1 aromatic carbocycles. The number of hydrogen-bond acceptors (Lipinski definition) is 6. The van der Waals surface area contributed by atoms with Crippen LogP contribution in [0.15, 0.2) is 29.0 Å². The number of benzene rings is 1. The number of fused-ring (bicyclic) bond motifs is 1. The fraction of sp³-hybridized carbons (Fsp3) is 0.214. The lowest BCUT2D eigenvalue weighted by Crippen LogP contribution is -2.42. The Balaban J connectivity index is 1.91. The molecule has 1 amide bonds. The van der Waals surface area contributed by atoms with Crippen LogP contribution in [0.3, 0.4) is 0 Å². The fourth-order valence-corrected chi connectivity index (χ4v) is 2.48. The van der Waals surface area contributed by atoms with Crippen LogP contribution in [0, 0.1) is 5.82 Å². The van der Waals surface area contributed by atoms with Gasteiger partial charge in [-0.15, -0.1) is 0 Å². The highest BCUT2D eigenvalue weighted by Gasteiger charge is 2.28. The minimum atomic E-state index is -0.542. The van der Waals surface area contributed by atoms with Gasteiger partial charge in [-0.3, -0.25) is 4.79 Å². The summed E-state index contributed by atoms with van der Waals surface area (Å²) in [6.45, 7) is 0.208. The smallest absolute Gasteiger partial charge is 0.249 e. The Labute approximate surface area is 139 Å². The predicted octanol–water partition coefficient (Wildman–Crippen LogP) is 2.50. The first-order valence-electron chi connectivity index (χ1n) is 6.72. The Hall–Kier alpha value is -2.26. The lowest BCUT2D eigenvalue weighted by atomic mass is 10.2. The number of anilines is 4. The van der Waals surface area contributed by atoms with E-state index < -0.39 is 11.9 Å². The molecule has 1 aliphatic rings. The number of carbonyl (C=O) groups is 1. The van der Waals surface area contributed by atoms with E-state index in [0.717, 1.165) is 0 Å². The molecule has 0 bridgehead atoms. The van der Waals surface area contributed by atoms with Gasteiger partial charge >= 0.3 is 0 Å². The van der Waals surface area contributed by atoms with Crippen molar-refractivity contribution in [1.82, 2.24) is 9.97 Å². The largest absolute Gasteiger partial charge is 0.382 e. The molecule has 1 aromatic heterocycles. The first-order chi connectivity index (χ1) is 11.1. The van der Waals surface area contributed by atoms with Gasteiger partial charge in [-0.2, -0.15) is 0 Å². The van der Waals surface area contributed by atoms with Crippen molar-refractivity contribution in [2.45, 2.75) is 6.04 Å². The third-order valence-electron chi connectivity index (χ3n) is 3.24. The van der Waals surface area contributed by atoms with Crippen LogP contribution in [0.1, 0.15) is 0 Å². The SMILES string of the molecule is COC[C@@H]1Nc2ncnc(Nc3ccc(Br)cc3F)c2NC1=O. The second-order valence-electron chi connectivity index (χ2n) is 4.84. The number of nitrogens with one attached hydrogen (secondary N) is 3. The highest BCUT2D eigenvalue weighted by molar-refractivity contribution is 9.10. The summed E-state index contributed by atoms with van der Waals surface area (Å²) in [7, 11) is 1.51. The van der Waals surface area contributed by atoms with Gasteiger partial charge in [-0.05, 0) is 18.2 Å². The minimum Gasteiger partial charge on any atom is -0.382 e. The number of halogens is 2. The molecular weight excluding hydrogens is 369 g/mol. The Morgan fingerprint density at radius 2 is 2.26 bits per heavy atom. The van der Waals surface area contributed by atoms with E-state index in [0.29, 0.717) is 21.8 Å². The molecule has 0 fully saturated rings. The van der Waals surface area contributed by atoms with E-state index in [4.69, 9.17) is 4.74 Å². The highest BCUT2D eigenvalue weighted by atomic mass is 79.9. The first-order valence-corrected chi connectivity index (χ1v) is 7.51. The average molecular weight is 382 g/mol. The summed E-state index contributed by atoms with van der Waals surface area (Å²) < 4.78 is 19.6. The maximum Gasteiger partial charge on any atom is 0.249 e. The van der Waals surface area contributed by atoms with Gasteiger partial charge in [0.05, 0.1) is 12.3 Å². The summed E-state index contributed by atoms with van der Waals surface area (Å²) in [4.78, 5) is 20.2. The van der Waals surface area contributed by atoms with Gasteiger partial charge in [0.25, 0.3) is 0 Å². The molecule has 3 N–H and O–H groups in total. The molecule has 0 saturated carbocycles. The van der Waals surface area contributed by atoms with Crippen molar-refractivity contribution in [1.29, 1.82) is 0 Å². The number of rotatable bonds is 4. The number of ether oxygens (including phenoxy) is 1. The molecule has 0 spiro atoms. The van der Waals surface area contributed by atoms with E-state index in [1.165, 1.54) is 19.5 Å². The van der Waals surface area contributed by atoms with Gasteiger partial charge in [0.2, 0.25) is 5.91 Å². The monoisotopic (exact) mass is 381 g/mol. The number of methoxy groups -OCH3 is 1. The van der Waals surface area contributed by atoms with E-state index in [-0.39, 0.29) is 18.2 Å². The van der Waals surface area contributed by atoms with Gasteiger partial charge in [-0.25, -0.2) is 14.4 Å². The van der Waals surface area contributed by atoms with Gasteiger partial charge in [-0.1, -0.05) is 15.9 Å². The van der Waals surface area contributed by atoms with Gasteiger partial charge in [0.15, 0.2) is 11.6 Å². The van der Waals surface area contributed by atoms with E-state index in [1.807, 2.05) is 0 Å². The maximum absolute atomic E-state index is 14.0. The predicted molar refractivity (Wildman–Crippen MR) is 87.3 cm³/mol. The molecule has 23 heavy (non-hydrogen) atoms. The fourth-order valence-electron chi connectivity index (χ4n) is 2.15. The van der Waals surface area contributed by atoms with E-state index in [2.05, 4.69) is 41.8 Å². The van der Waals surface area contributed by atoms with Crippen LogP contribution in [0.5, 0.6) is 0 Å². The lowest BCUT2D eigenvalue weighted by Gasteiger charge is -2.26. The highest BCUT2D eigenvalue weighted by Crippen LogP contribution is 2.33. The van der Waals surface area contributed by atoms with E-state index >= 15 is 0 Å². The van der Waals surface area contributed by atoms with Gasteiger partial charge in [0.1, 0.15) is 23.9 Å². The summed E-state index contributed by atoms with van der Waals surface area (Å²) in [5.74, 6) is 0.0298. The van der Waals surface area contributed by atoms with Crippen LogP contribution in [0.2, 0.25) is 0 Å². The summed E-state index contributed by atoms with van der Waals surface area (Å²) in [6, 6.07) is 4.06. The summed E-state index contributed by atoms with van der Waals surface area (Å²) >= 11 is 3.20. The van der Waals surface area contributed by atoms with Gasteiger partial charge < -0.3 is 20.7 Å². The summed E-state index contributed by atoms with van der Waals surface area (Å²) in [6.07, 6.45) is 1.33. The zero-order valence-corrected chi connectivity index (χ0v) is 13.6. The lowest BCUT2D eigenvalue weighted by molar-refractivity contribution is -0.118. The van der Waals surface area contributed by atoms with Crippen LogP contribution >= 0.6 is 15.9 Å². The number of amides is 1. The molecular formula is C14H13BrFN5O2. The van der Waals surface area contributed by atoms with Crippen LogP contribution < -0.4 is 16.0 Å². The topological polar surface area (TPSA) is 88.2 Å². The molecule has 2 aromatic rings. The second kappa shape index (κ2) is 6.47. The number of aromatic nitrogens is 2. The van der Waals surface area contributed by atoms with Crippen molar-refractivity contribution in [3.63, 3.8) is 0 Å². The molecule has 0 saturated heterocycles. The molecule has 2 heterocycles. The quantitative estimate of drug-likeness (QED) is 0.753. The molecule has 1 atom stereocenters. The maximum atomic E-state index is 14.0. The van der Waals surface area contributed by atoms with Crippen molar-refractivity contribution in [2.75, 3.05) is 29.7 Å². The molecule has 7 nitrogen and oxygen atoms in total. The molecule has 3 rings (SSSR count). The zero-order valence-electron chi connectivity index (χ0n) is 12.1. The minimum absolute atomic E-state index is 0.208. The average Bonchev–Trinajstić information content (AvgIpc) is 2.52. The Bertz CT molecular complexity index is 758. The van der Waals surface area contributed by atoms with Crippen molar-refractivity contribution in [2.24, 2.45) is 0 Å². The van der Waals surface area contributed by atoms with Crippen LogP contribution in [-0.4, -0.2) is 35.6 Å². The van der Waals surface area contributed by atoms with Crippen LogP contribution in [-0.2, 0) is 9.53 Å². The summed E-state index contributed by atoms with van der Waals surface area (Å²) in [5.41, 5.74) is 0.606. The second-order valence-corrected chi connectivity index (χ2v) is 5.75. The molecule has 0 aliphatic carbocycles. The summed E-state index contributed by atoms with van der Waals surface area (Å²) in [5, 5.41) is 8.54.